The standard InChI is InChI=1S/C23H23Cl2FN4O2/c1-12-27-28-13(2)30(12)15-3-4-22(20(26)9-15)32-23-18-7-14(24)8-19(25)17(18)10-21(23)29-6-5-16(31)11-29/h3-4,7-9,16,21,23,31H,5-6,10-11H2,1-2H3/t16?,21-,23-/m0/s1. The summed E-state index contributed by atoms with van der Waals surface area (Å²) in [5.41, 5.74) is 2.45. The van der Waals surface area contributed by atoms with E-state index in [1.54, 1.807) is 22.8 Å². The van der Waals surface area contributed by atoms with Crippen molar-refractivity contribution in [2.24, 2.45) is 0 Å². The Morgan fingerprint density at radius 1 is 1.12 bits per heavy atom. The number of halogens is 3. The quantitative estimate of drug-likeness (QED) is 0.602. The number of rotatable bonds is 4. The maximum Gasteiger partial charge on any atom is 0.167 e. The average Bonchev–Trinajstić information content (AvgIpc) is 3.41. The molecular weight excluding hydrogens is 454 g/mol. The number of aliphatic hydroxyl groups is 1. The van der Waals surface area contributed by atoms with Crippen LogP contribution in [0, 0.1) is 19.7 Å². The number of aromatic nitrogens is 3. The molecule has 6 nitrogen and oxygen atoms in total. The molecule has 168 valence electrons. The van der Waals surface area contributed by atoms with E-state index < -0.39 is 11.9 Å². The number of aryl methyl sites for hydroxylation is 2. The van der Waals surface area contributed by atoms with E-state index in [2.05, 4.69) is 15.1 Å². The number of hydrogen-bond donors (Lipinski definition) is 1. The molecule has 0 amide bonds. The zero-order chi connectivity index (χ0) is 22.6. The predicted molar refractivity (Wildman–Crippen MR) is 120 cm³/mol. The maximum atomic E-state index is 15.2. The van der Waals surface area contributed by atoms with Crippen molar-refractivity contribution in [2.45, 2.75) is 44.9 Å². The van der Waals surface area contributed by atoms with Gasteiger partial charge in [0.15, 0.2) is 11.6 Å². The number of β-amino-alcohol motifs (C(OH)–C–C–N with tert-alkyl or cyclic N) is 1. The Morgan fingerprint density at radius 2 is 1.88 bits per heavy atom. The number of aliphatic hydroxyl groups excluding tert-OH is 1. The highest BCUT2D eigenvalue weighted by Gasteiger charge is 2.42. The van der Waals surface area contributed by atoms with Crippen molar-refractivity contribution < 1.29 is 14.2 Å². The lowest BCUT2D eigenvalue weighted by atomic mass is 10.1. The third-order valence-corrected chi connectivity index (χ3v) is 6.90. The van der Waals surface area contributed by atoms with Crippen LogP contribution in [0.2, 0.25) is 10.0 Å². The average molecular weight is 477 g/mol. The Morgan fingerprint density at radius 3 is 2.53 bits per heavy atom. The zero-order valence-corrected chi connectivity index (χ0v) is 19.2. The third-order valence-electron chi connectivity index (χ3n) is 6.34. The largest absolute Gasteiger partial charge is 0.481 e. The van der Waals surface area contributed by atoms with Crippen LogP contribution in [0.25, 0.3) is 5.69 Å². The first kappa shape index (κ1) is 21.6. The van der Waals surface area contributed by atoms with Gasteiger partial charge in [0.25, 0.3) is 0 Å². The molecule has 1 fully saturated rings. The molecule has 0 radical (unpaired) electrons. The Bertz CT molecular complexity index is 1170. The summed E-state index contributed by atoms with van der Waals surface area (Å²) >= 11 is 12.8. The maximum absolute atomic E-state index is 15.2. The van der Waals surface area contributed by atoms with E-state index in [-0.39, 0.29) is 17.9 Å². The zero-order valence-electron chi connectivity index (χ0n) is 17.7. The van der Waals surface area contributed by atoms with Gasteiger partial charge in [-0.25, -0.2) is 4.39 Å². The SMILES string of the molecule is Cc1nnc(C)n1-c1ccc(O[C@H]2c3cc(Cl)cc(Cl)c3C[C@@H]2N2CCC(O)C2)c(F)c1. The molecule has 3 aromatic rings. The molecule has 0 saturated carbocycles. The molecule has 0 bridgehead atoms. The van der Waals surface area contributed by atoms with E-state index in [4.69, 9.17) is 27.9 Å². The Labute approximate surface area is 195 Å². The molecule has 1 aliphatic heterocycles. The molecule has 9 heteroatoms. The summed E-state index contributed by atoms with van der Waals surface area (Å²) in [6, 6.07) is 8.34. The number of fused-ring (bicyclic) bond motifs is 1. The van der Waals surface area contributed by atoms with Crippen molar-refractivity contribution in [3.05, 3.63) is 69.0 Å². The van der Waals surface area contributed by atoms with E-state index in [0.29, 0.717) is 46.8 Å². The number of benzene rings is 2. The Kier molecular flexibility index (Phi) is 5.61. The van der Waals surface area contributed by atoms with Crippen molar-refractivity contribution in [1.82, 2.24) is 19.7 Å². The lowest BCUT2D eigenvalue weighted by molar-refractivity contribution is 0.0790. The van der Waals surface area contributed by atoms with Gasteiger partial charge in [-0.15, -0.1) is 10.2 Å². The summed E-state index contributed by atoms with van der Waals surface area (Å²) < 4.78 is 23.2. The Hall–Kier alpha value is -2.19. The van der Waals surface area contributed by atoms with Crippen molar-refractivity contribution in [3.63, 3.8) is 0 Å². The van der Waals surface area contributed by atoms with Gasteiger partial charge in [-0.05, 0) is 56.5 Å². The minimum Gasteiger partial charge on any atom is -0.481 e. The van der Waals surface area contributed by atoms with Crippen LogP contribution >= 0.6 is 23.2 Å². The first-order chi connectivity index (χ1) is 15.3. The molecular formula is C23H23Cl2FN4O2. The van der Waals surface area contributed by atoms with E-state index >= 15 is 4.39 Å². The van der Waals surface area contributed by atoms with Gasteiger partial charge in [0.1, 0.15) is 17.8 Å². The van der Waals surface area contributed by atoms with Crippen LogP contribution in [0.4, 0.5) is 4.39 Å². The van der Waals surface area contributed by atoms with Crippen molar-refractivity contribution >= 4 is 23.2 Å². The monoisotopic (exact) mass is 476 g/mol. The fraction of sp³-hybridized carbons (Fsp3) is 0.391. The first-order valence-electron chi connectivity index (χ1n) is 10.6. The van der Waals surface area contributed by atoms with Crippen molar-refractivity contribution in [2.75, 3.05) is 13.1 Å². The molecule has 2 heterocycles. The van der Waals surface area contributed by atoms with Crippen LogP contribution in [-0.4, -0.2) is 50.0 Å². The van der Waals surface area contributed by atoms with Gasteiger partial charge < -0.3 is 9.84 Å². The normalized spacial score (nSPS) is 23.0. The lowest BCUT2D eigenvalue weighted by Gasteiger charge is -2.30. The molecule has 1 aliphatic carbocycles. The topological polar surface area (TPSA) is 63.4 Å². The minimum atomic E-state index is -0.475. The summed E-state index contributed by atoms with van der Waals surface area (Å²) in [6.07, 6.45) is 0.533. The van der Waals surface area contributed by atoms with Gasteiger partial charge in [0, 0.05) is 34.8 Å². The van der Waals surface area contributed by atoms with E-state index in [9.17, 15) is 5.11 Å². The highest BCUT2D eigenvalue weighted by molar-refractivity contribution is 6.35. The molecule has 1 unspecified atom stereocenters. The van der Waals surface area contributed by atoms with Crippen LogP contribution in [0.3, 0.4) is 0 Å². The summed E-state index contributed by atoms with van der Waals surface area (Å²) in [6.45, 7) is 4.94. The second-order valence-electron chi connectivity index (χ2n) is 8.45. The van der Waals surface area contributed by atoms with Gasteiger partial charge in [-0.3, -0.25) is 9.47 Å². The van der Waals surface area contributed by atoms with Gasteiger partial charge in [-0.2, -0.15) is 0 Å². The molecule has 0 spiro atoms. The molecule has 3 atom stereocenters. The molecule has 1 N–H and O–H groups in total. The van der Waals surface area contributed by atoms with E-state index in [0.717, 1.165) is 17.7 Å². The first-order valence-corrected chi connectivity index (χ1v) is 11.3. The summed E-state index contributed by atoms with van der Waals surface area (Å²) in [4.78, 5) is 2.19. The third kappa shape index (κ3) is 3.77. The van der Waals surface area contributed by atoms with E-state index in [1.807, 2.05) is 19.9 Å². The molecule has 1 saturated heterocycles. The number of likely N-dealkylation sites (tertiary alicyclic amines) is 1. The smallest absolute Gasteiger partial charge is 0.167 e. The van der Waals surface area contributed by atoms with Gasteiger partial charge in [0.05, 0.1) is 17.8 Å². The van der Waals surface area contributed by atoms with Gasteiger partial charge in [-0.1, -0.05) is 23.2 Å². The second-order valence-corrected chi connectivity index (χ2v) is 9.29. The van der Waals surface area contributed by atoms with Crippen LogP contribution in [-0.2, 0) is 6.42 Å². The van der Waals surface area contributed by atoms with Gasteiger partial charge in [0.2, 0.25) is 0 Å². The van der Waals surface area contributed by atoms with Crippen molar-refractivity contribution in [3.8, 4) is 11.4 Å². The number of ether oxygens (including phenoxy) is 1. The van der Waals surface area contributed by atoms with E-state index in [1.165, 1.54) is 6.07 Å². The lowest BCUT2D eigenvalue weighted by Crippen LogP contribution is -2.39. The summed E-state index contributed by atoms with van der Waals surface area (Å²) in [5, 5.41) is 19.2. The number of nitrogens with zero attached hydrogens (tertiary/aromatic N) is 4. The number of hydrogen-bond acceptors (Lipinski definition) is 5. The van der Waals surface area contributed by atoms with Crippen LogP contribution in [0.1, 0.15) is 35.3 Å². The Balaban J connectivity index is 1.50. The van der Waals surface area contributed by atoms with Crippen LogP contribution < -0.4 is 4.74 Å². The molecule has 2 aliphatic rings. The van der Waals surface area contributed by atoms with Crippen LogP contribution in [0.5, 0.6) is 5.75 Å². The molecule has 5 rings (SSSR count). The minimum absolute atomic E-state index is 0.0699. The molecule has 32 heavy (non-hydrogen) atoms. The van der Waals surface area contributed by atoms with Crippen molar-refractivity contribution in [1.29, 1.82) is 0 Å². The fourth-order valence-corrected chi connectivity index (χ4v) is 5.44. The summed E-state index contributed by atoms with van der Waals surface area (Å²) in [7, 11) is 0. The highest BCUT2D eigenvalue weighted by atomic mass is 35.5. The second kappa shape index (κ2) is 8.30. The predicted octanol–water partition coefficient (Wildman–Crippen LogP) is 4.44. The molecule has 2 aromatic carbocycles. The molecule has 1 aromatic heterocycles. The highest BCUT2D eigenvalue weighted by Crippen LogP contribution is 2.43. The van der Waals surface area contributed by atoms with Crippen LogP contribution in [0.15, 0.2) is 30.3 Å². The fourth-order valence-electron chi connectivity index (χ4n) is 4.85. The van der Waals surface area contributed by atoms with Gasteiger partial charge >= 0.3 is 0 Å². The summed E-state index contributed by atoms with van der Waals surface area (Å²) in [5.74, 6) is 1.03.